The van der Waals surface area contributed by atoms with Crippen molar-refractivity contribution in [1.82, 2.24) is 4.57 Å². The van der Waals surface area contributed by atoms with E-state index in [4.69, 9.17) is 4.55 Å². The third kappa shape index (κ3) is 14.7. The van der Waals surface area contributed by atoms with Crippen LogP contribution < -0.4 is 4.57 Å². The van der Waals surface area contributed by atoms with Crippen LogP contribution in [0.4, 0.5) is 114 Å². The molecule has 32 heteroatoms. The van der Waals surface area contributed by atoms with Crippen molar-refractivity contribution in [2.45, 2.75) is 200 Å². The maximum atomic E-state index is 14.6. The lowest BCUT2D eigenvalue weighted by atomic mass is 9.89. The molecule has 0 aliphatic rings. The van der Waals surface area contributed by atoms with Gasteiger partial charge in [-0.25, -0.2) is 4.57 Å². The summed E-state index contributed by atoms with van der Waals surface area (Å²) in [5.41, 5.74) is 0. The average Bonchev–Trinajstić information content (AvgIpc) is 3.65. The number of halogens is 26. The highest BCUT2D eigenvalue weighted by Crippen LogP contribution is 2.63. The Balaban J connectivity index is 0.00000215. The minimum absolute atomic E-state index is 0.0212. The van der Waals surface area contributed by atoms with E-state index in [1.54, 1.807) is 0 Å². The number of rotatable bonds is 29. The maximum Gasteiger partial charge on any atom is 0.469 e. The summed E-state index contributed by atoms with van der Waals surface area (Å²) in [6.07, 6.45) is -2.40. The first-order valence-corrected chi connectivity index (χ1v) is 21.1. The number of hydrogen-bond acceptors (Lipinski definition) is 2. The minimum atomic E-state index is -8.35. The Kier molecular flexibility index (Phi) is 22.1. The van der Waals surface area contributed by atoms with Crippen LogP contribution in [-0.4, -0.2) is 82.5 Å². The highest BCUT2D eigenvalue weighted by atomic mass is 32.2. The molecule has 0 saturated carbocycles. The Bertz CT molecular complexity index is 1740. The third-order valence-corrected chi connectivity index (χ3v) is 10.8. The Morgan fingerprint density at radius 1 is 0.448 bits per heavy atom. The molecular formula is C35H45F26N2O3S+. The quantitative estimate of drug-likeness (QED) is 0.0376. The van der Waals surface area contributed by atoms with Crippen molar-refractivity contribution in [2.24, 2.45) is 0 Å². The van der Waals surface area contributed by atoms with E-state index in [0.717, 1.165) is 43.1 Å². The van der Waals surface area contributed by atoms with E-state index in [2.05, 4.69) is 6.92 Å². The molecular weight excluding hydrogens is 1020 g/mol. The average molecular weight is 1070 g/mol. The summed E-state index contributed by atoms with van der Waals surface area (Å²) in [6, 6.07) is -6.54. The normalized spacial score (nSPS) is 14.9. The summed E-state index contributed by atoms with van der Waals surface area (Å²) in [7, 11) is -7.17. The van der Waals surface area contributed by atoms with E-state index in [1.165, 1.54) is 44.9 Å². The van der Waals surface area contributed by atoms with E-state index in [9.17, 15) is 123 Å². The van der Waals surface area contributed by atoms with Gasteiger partial charge in [0.2, 0.25) is 6.33 Å². The van der Waals surface area contributed by atoms with Crippen LogP contribution in [0.2, 0.25) is 0 Å². The lowest BCUT2D eigenvalue weighted by Crippen LogP contribution is -2.73. The number of alkyl halides is 26. The van der Waals surface area contributed by atoms with Gasteiger partial charge in [-0.05, 0) is 12.8 Å². The Labute approximate surface area is 365 Å². The van der Waals surface area contributed by atoms with Crippen LogP contribution in [0.3, 0.4) is 0 Å². The second kappa shape index (κ2) is 23.0. The highest BCUT2D eigenvalue weighted by molar-refractivity contribution is 7.87. The van der Waals surface area contributed by atoms with Crippen molar-refractivity contribution in [3.8, 4) is 0 Å². The number of hydrogen-bond donors (Lipinski definition) is 1. The van der Waals surface area contributed by atoms with Gasteiger partial charge >= 0.3 is 81.2 Å². The largest absolute Gasteiger partial charge is 0.469 e. The SMILES string of the molecule is CCCCCCCCCCCCCCCCCC[n+]1ccn(C(F)(F)C(F)(F)C(F)(F)C(F)(F)C(F)(F)C(F)(F)C(F)(F)CCC(F)(F)F)c1.O=S(=O)(O)C(F)(F)C(F)(F)C(F)(F)C(F)(F)F. The van der Waals surface area contributed by atoms with Crippen LogP contribution in [0.25, 0.3) is 0 Å². The standard InChI is InChI=1S/C31H44F17N2.C4HF9O3S/c1-2-3-4-5-6-7-8-9-10-11-12-13-14-15-16-17-20-49-21-22-50(23-49)31(47,48)30(45,46)29(43,44)28(41,42)27(39,40)26(37,38)24(32,33)18-19-25(34,35)36;5-1(6,3(9,10)11)2(7,8)4(12,13)17(14,15)16/h21-23H,2-20H2,1H3;(H,14,15,16)/q+1;. The second-order valence-electron chi connectivity index (χ2n) is 15.2. The van der Waals surface area contributed by atoms with Gasteiger partial charge in [-0.1, -0.05) is 96.8 Å². The fourth-order valence-electron chi connectivity index (χ4n) is 5.69. The number of nitrogens with zero attached hydrogens (tertiary/aromatic N) is 2. The van der Waals surface area contributed by atoms with Crippen LogP contribution in [-0.2, 0) is 22.7 Å². The zero-order valence-electron chi connectivity index (χ0n) is 34.6. The second-order valence-corrected chi connectivity index (χ2v) is 16.7. The number of aromatic nitrogens is 2. The molecule has 0 aromatic carbocycles. The number of aryl methyl sites for hydroxylation is 1. The van der Waals surface area contributed by atoms with Gasteiger partial charge < -0.3 is 0 Å². The molecule has 0 fully saturated rings. The van der Waals surface area contributed by atoms with Crippen molar-refractivity contribution in [3.63, 3.8) is 0 Å². The van der Waals surface area contributed by atoms with Crippen molar-refractivity contribution in [1.29, 1.82) is 0 Å². The van der Waals surface area contributed by atoms with Crippen LogP contribution in [0, 0.1) is 0 Å². The Morgan fingerprint density at radius 2 is 0.791 bits per heavy atom. The highest BCUT2D eigenvalue weighted by Gasteiger charge is 2.94. The van der Waals surface area contributed by atoms with Crippen molar-refractivity contribution >= 4 is 10.1 Å². The number of unbranched alkanes of at least 4 members (excludes halogenated alkanes) is 15. The molecule has 1 aromatic rings. The molecule has 0 atom stereocenters. The molecule has 5 nitrogen and oxygen atoms in total. The van der Waals surface area contributed by atoms with Gasteiger partial charge in [0.05, 0.1) is 6.54 Å². The molecule has 0 aliphatic carbocycles. The molecule has 1 rings (SSSR count). The molecule has 0 amide bonds. The predicted octanol–water partition coefficient (Wildman–Crippen LogP) is 15.0. The molecule has 0 aliphatic heterocycles. The fraction of sp³-hybridized carbons (Fsp3) is 0.914. The van der Waals surface area contributed by atoms with E-state index >= 15 is 0 Å². The Morgan fingerprint density at radius 3 is 1.13 bits per heavy atom. The molecule has 0 spiro atoms. The Hall–Kier alpha value is -2.70. The zero-order valence-corrected chi connectivity index (χ0v) is 35.4. The third-order valence-electron chi connectivity index (χ3n) is 9.86. The zero-order chi connectivity index (χ0) is 53.2. The van der Waals surface area contributed by atoms with E-state index < -0.39 is 98.6 Å². The molecule has 67 heavy (non-hydrogen) atoms. The first kappa shape index (κ1) is 64.3. The van der Waals surface area contributed by atoms with E-state index in [1.807, 2.05) is 0 Å². The summed E-state index contributed by atoms with van der Waals surface area (Å²) in [4.78, 5) is 0. The molecule has 0 unspecified atom stereocenters. The van der Waals surface area contributed by atoms with Gasteiger partial charge in [-0.2, -0.15) is 127 Å². The molecule has 1 heterocycles. The van der Waals surface area contributed by atoms with E-state index in [-0.39, 0.29) is 25.5 Å². The summed E-state index contributed by atoms with van der Waals surface area (Å²) in [6.45, 7) is 1.99. The maximum absolute atomic E-state index is 14.6. The summed E-state index contributed by atoms with van der Waals surface area (Å²) in [5, 5.41) is -7.00. The topological polar surface area (TPSA) is 63.2 Å². The molecule has 1 N–H and O–H groups in total. The smallest absolute Gasteiger partial charge is 0.281 e. The van der Waals surface area contributed by atoms with Gasteiger partial charge in [0, 0.05) is 12.8 Å². The monoisotopic (exact) mass is 1070 g/mol. The van der Waals surface area contributed by atoms with Gasteiger partial charge in [-0.15, -0.1) is 0 Å². The van der Waals surface area contributed by atoms with Crippen LogP contribution in [0.5, 0.6) is 0 Å². The first-order chi connectivity index (χ1) is 29.7. The van der Waals surface area contributed by atoms with Crippen LogP contribution >= 0.6 is 0 Å². The minimum Gasteiger partial charge on any atom is -0.281 e. The van der Waals surface area contributed by atoms with Gasteiger partial charge in [-0.3, -0.25) is 4.55 Å². The first-order valence-electron chi connectivity index (χ1n) is 19.7. The van der Waals surface area contributed by atoms with Crippen molar-refractivity contribution in [2.75, 3.05) is 0 Å². The van der Waals surface area contributed by atoms with Gasteiger partial charge in [0.1, 0.15) is 12.4 Å². The summed E-state index contributed by atoms with van der Waals surface area (Å²) >= 11 is 0. The lowest BCUT2D eigenvalue weighted by Gasteiger charge is -2.41. The fourth-order valence-corrected chi connectivity index (χ4v) is 6.14. The molecule has 0 radical (unpaired) electrons. The van der Waals surface area contributed by atoms with Crippen LogP contribution in [0.1, 0.15) is 122 Å². The molecule has 0 bridgehead atoms. The number of imidazole rings is 1. The summed E-state index contributed by atoms with van der Waals surface area (Å²) < 4.78 is 367. The molecule has 1 aromatic heterocycles. The predicted molar refractivity (Wildman–Crippen MR) is 182 cm³/mol. The van der Waals surface area contributed by atoms with Crippen LogP contribution in [0.15, 0.2) is 18.7 Å². The van der Waals surface area contributed by atoms with Crippen molar-refractivity contribution in [3.05, 3.63) is 18.7 Å². The molecule has 0 saturated heterocycles. The molecule has 400 valence electrons. The van der Waals surface area contributed by atoms with Crippen molar-refractivity contribution < 1.29 is 132 Å². The van der Waals surface area contributed by atoms with Gasteiger partial charge in [0.15, 0.2) is 0 Å². The van der Waals surface area contributed by atoms with Gasteiger partial charge in [0.25, 0.3) is 0 Å². The summed E-state index contributed by atoms with van der Waals surface area (Å²) in [5.74, 6) is -61.8. The lowest BCUT2D eigenvalue weighted by molar-refractivity contribution is -0.697. The van der Waals surface area contributed by atoms with E-state index in [0.29, 0.717) is 19.0 Å².